The molecule has 4 aliphatic carbocycles. The lowest BCUT2D eigenvalue weighted by atomic mass is 9.50. The zero-order chi connectivity index (χ0) is 20.8. The van der Waals surface area contributed by atoms with Gasteiger partial charge in [0.25, 0.3) is 0 Å². The van der Waals surface area contributed by atoms with Gasteiger partial charge >= 0.3 is 0 Å². The van der Waals surface area contributed by atoms with Crippen molar-refractivity contribution in [1.29, 1.82) is 0 Å². The van der Waals surface area contributed by atoms with Crippen molar-refractivity contribution in [3.05, 3.63) is 23.3 Å². The molecule has 2 nitrogen and oxygen atoms in total. The first kappa shape index (κ1) is 21.6. The molecule has 0 aromatic rings. The van der Waals surface area contributed by atoms with Crippen LogP contribution in [-0.4, -0.2) is 22.9 Å². The monoisotopic (exact) mass is 400 g/mol. The lowest BCUT2D eigenvalue weighted by Gasteiger charge is -2.55. The lowest BCUT2D eigenvalue weighted by molar-refractivity contribution is 0.0321. The van der Waals surface area contributed by atoms with E-state index in [0.29, 0.717) is 29.3 Å². The van der Waals surface area contributed by atoms with Crippen LogP contribution < -0.4 is 0 Å². The number of aliphatic hydroxyl groups excluding tert-OH is 2. The Hall–Kier alpha value is -0.600. The largest absolute Gasteiger partial charge is 0.396 e. The van der Waals surface area contributed by atoms with Crippen LogP contribution in [-0.2, 0) is 0 Å². The van der Waals surface area contributed by atoms with Gasteiger partial charge in [-0.05, 0) is 91.8 Å². The van der Waals surface area contributed by atoms with Gasteiger partial charge in [0.05, 0.1) is 6.10 Å². The highest BCUT2D eigenvalue weighted by Crippen LogP contribution is 2.66. The highest BCUT2D eigenvalue weighted by molar-refractivity contribution is 5.38. The van der Waals surface area contributed by atoms with Crippen molar-refractivity contribution in [2.75, 3.05) is 6.61 Å². The van der Waals surface area contributed by atoms with Crippen LogP contribution in [0.15, 0.2) is 23.3 Å². The van der Waals surface area contributed by atoms with E-state index in [1.165, 1.54) is 50.5 Å². The van der Waals surface area contributed by atoms with Gasteiger partial charge in [-0.15, -0.1) is 0 Å². The molecule has 0 aliphatic heterocycles. The summed E-state index contributed by atoms with van der Waals surface area (Å²) in [5.41, 5.74) is 4.06. The van der Waals surface area contributed by atoms with Crippen molar-refractivity contribution < 1.29 is 10.2 Å². The standard InChI is InChI=1S/C27H44O2/c1-18(17-28)6-5-7-19(2)23-10-11-24-22-9-8-20-16-21(29)12-14-26(20,3)25(22)13-15-27(23,24)4/h8-9,18-19,21,23-25,28-29H,5-7,10-17H2,1-4H3/t18?,19-,21+,23-,24+,25+,26-,27-/m1/s1. The van der Waals surface area contributed by atoms with Gasteiger partial charge in [-0.1, -0.05) is 63.8 Å². The van der Waals surface area contributed by atoms with Gasteiger partial charge in [0.1, 0.15) is 0 Å². The van der Waals surface area contributed by atoms with Crippen LogP contribution in [0.1, 0.15) is 91.9 Å². The predicted octanol–water partition coefficient (Wildman–Crippen LogP) is 6.28. The molecule has 0 amide bonds. The summed E-state index contributed by atoms with van der Waals surface area (Å²) < 4.78 is 0. The van der Waals surface area contributed by atoms with Gasteiger partial charge < -0.3 is 10.2 Å². The van der Waals surface area contributed by atoms with E-state index in [1.54, 1.807) is 5.57 Å². The summed E-state index contributed by atoms with van der Waals surface area (Å²) >= 11 is 0. The maximum atomic E-state index is 10.2. The van der Waals surface area contributed by atoms with Crippen LogP contribution in [0.25, 0.3) is 0 Å². The summed E-state index contributed by atoms with van der Waals surface area (Å²) in [6, 6.07) is 0. The van der Waals surface area contributed by atoms with Gasteiger partial charge in [-0.25, -0.2) is 0 Å². The SMILES string of the molecule is CC(CO)CCC[C@@H](C)[C@H]1CC[C@H]2C3=CC=C4C[C@@H](O)CC[C@@]4(C)[C@H]3CC[C@]12C. The third-order valence-corrected chi connectivity index (χ3v) is 9.97. The molecule has 8 atom stereocenters. The van der Waals surface area contributed by atoms with Crippen LogP contribution in [0.3, 0.4) is 0 Å². The Balaban J connectivity index is 1.49. The number of aliphatic hydroxyl groups is 2. The summed E-state index contributed by atoms with van der Waals surface area (Å²) in [5, 5.41) is 19.5. The molecule has 2 heteroatoms. The van der Waals surface area contributed by atoms with E-state index >= 15 is 0 Å². The molecule has 3 saturated carbocycles. The Kier molecular flexibility index (Phi) is 6.08. The van der Waals surface area contributed by atoms with Gasteiger partial charge in [0.15, 0.2) is 0 Å². The number of allylic oxidation sites excluding steroid dienone is 3. The van der Waals surface area contributed by atoms with Gasteiger partial charge in [0.2, 0.25) is 0 Å². The molecule has 2 N–H and O–H groups in total. The minimum Gasteiger partial charge on any atom is -0.396 e. The third kappa shape index (κ3) is 3.67. The molecule has 164 valence electrons. The fourth-order valence-corrected chi connectivity index (χ4v) is 8.04. The molecule has 3 fully saturated rings. The average molecular weight is 401 g/mol. The molecular formula is C27H44O2. The van der Waals surface area contributed by atoms with Crippen molar-refractivity contribution >= 4 is 0 Å². The number of fused-ring (bicyclic) bond motifs is 5. The highest BCUT2D eigenvalue weighted by atomic mass is 16.3. The maximum Gasteiger partial charge on any atom is 0.0578 e. The van der Waals surface area contributed by atoms with Crippen LogP contribution in [0.2, 0.25) is 0 Å². The van der Waals surface area contributed by atoms with Gasteiger partial charge in [-0.3, -0.25) is 0 Å². The average Bonchev–Trinajstić information content (AvgIpc) is 3.05. The van der Waals surface area contributed by atoms with Crippen molar-refractivity contribution in [2.45, 2.75) is 98.0 Å². The number of rotatable bonds is 6. The van der Waals surface area contributed by atoms with E-state index in [9.17, 15) is 10.2 Å². The Bertz CT molecular complexity index is 663. The van der Waals surface area contributed by atoms with E-state index in [-0.39, 0.29) is 6.10 Å². The Labute approximate surface area is 178 Å². The van der Waals surface area contributed by atoms with E-state index in [4.69, 9.17) is 0 Å². The molecule has 0 aromatic heterocycles. The first-order valence-electron chi connectivity index (χ1n) is 12.5. The molecule has 0 aromatic carbocycles. The summed E-state index contributed by atoms with van der Waals surface area (Å²) in [6.45, 7) is 10.1. The molecule has 29 heavy (non-hydrogen) atoms. The molecule has 4 aliphatic rings. The molecule has 0 spiro atoms. The Morgan fingerprint density at radius 2 is 1.79 bits per heavy atom. The highest BCUT2D eigenvalue weighted by Gasteiger charge is 2.56. The smallest absolute Gasteiger partial charge is 0.0578 e. The Morgan fingerprint density at radius 1 is 1.00 bits per heavy atom. The second-order valence-corrected chi connectivity index (χ2v) is 11.7. The summed E-state index contributed by atoms with van der Waals surface area (Å²) in [5.74, 6) is 3.58. The van der Waals surface area contributed by atoms with Crippen molar-refractivity contribution in [3.63, 3.8) is 0 Å². The van der Waals surface area contributed by atoms with E-state index < -0.39 is 0 Å². The molecule has 0 radical (unpaired) electrons. The van der Waals surface area contributed by atoms with E-state index in [1.807, 2.05) is 0 Å². The molecule has 0 heterocycles. The zero-order valence-electron chi connectivity index (χ0n) is 19.3. The summed E-state index contributed by atoms with van der Waals surface area (Å²) in [6.07, 6.45) is 17.1. The summed E-state index contributed by atoms with van der Waals surface area (Å²) in [4.78, 5) is 0. The van der Waals surface area contributed by atoms with Crippen molar-refractivity contribution in [3.8, 4) is 0 Å². The quantitative estimate of drug-likeness (QED) is 0.551. The second-order valence-electron chi connectivity index (χ2n) is 11.7. The van der Waals surface area contributed by atoms with E-state index in [2.05, 4.69) is 39.8 Å². The topological polar surface area (TPSA) is 40.5 Å². The van der Waals surface area contributed by atoms with Gasteiger partial charge in [-0.2, -0.15) is 0 Å². The minimum absolute atomic E-state index is 0.122. The minimum atomic E-state index is -0.122. The first-order valence-corrected chi connectivity index (χ1v) is 12.5. The molecule has 1 unspecified atom stereocenters. The molecular weight excluding hydrogens is 356 g/mol. The van der Waals surface area contributed by atoms with Gasteiger partial charge in [0, 0.05) is 6.61 Å². The van der Waals surface area contributed by atoms with Crippen molar-refractivity contribution in [2.24, 2.45) is 40.4 Å². The Morgan fingerprint density at radius 3 is 2.55 bits per heavy atom. The third-order valence-electron chi connectivity index (χ3n) is 9.97. The lowest BCUT2D eigenvalue weighted by Crippen LogP contribution is -2.46. The molecule has 0 saturated heterocycles. The zero-order valence-corrected chi connectivity index (χ0v) is 19.3. The van der Waals surface area contributed by atoms with Crippen LogP contribution in [0, 0.1) is 40.4 Å². The number of hydrogen-bond acceptors (Lipinski definition) is 2. The summed E-state index contributed by atoms with van der Waals surface area (Å²) in [7, 11) is 0. The number of hydrogen-bond donors (Lipinski definition) is 2. The van der Waals surface area contributed by atoms with E-state index in [0.717, 1.165) is 37.0 Å². The fourth-order valence-electron chi connectivity index (χ4n) is 8.04. The second kappa shape index (κ2) is 8.15. The van der Waals surface area contributed by atoms with Crippen LogP contribution in [0.5, 0.6) is 0 Å². The maximum absolute atomic E-state index is 10.2. The van der Waals surface area contributed by atoms with Crippen molar-refractivity contribution in [1.82, 2.24) is 0 Å². The van der Waals surface area contributed by atoms with Crippen LogP contribution >= 0.6 is 0 Å². The normalized spacial score (nSPS) is 43.5. The first-order chi connectivity index (χ1) is 13.8. The predicted molar refractivity (Wildman–Crippen MR) is 120 cm³/mol. The molecule has 0 bridgehead atoms. The fraction of sp³-hybridized carbons (Fsp3) is 0.852. The molecule has 4 rings (SSSR count). The van der Waals surface area contributed by atoms with Crippen LogP contribution in [0.4, 0.5) is 0 Å².